The molecule has 2 aromatic carbocycles. The molecule has 2 aromatic rings. The summed E-state index contributed by atoms with van der Waals surface area (Å²) < 4.78 is 27.9. The van der Waals surface area contributed by atoms with Crippen molar-refractivity contribution >= 4 is 39.1 Å². The van der Waals surface area contributed by atoms with Gasteiger partial charge in [0.15, 0.2) is 0 Å². The number of hydrogen-bond donors (Lipinski definition) is 0. The van der Waals surface area contributed by atoms with Crippen molar-refractivity contribution in [1.29, 1.82) is 0 Å². The van der Waals surface area contributed by atoms with Gasteiger partial charge in [-0.2, -0.15) is 0 Å². The highest BCUT2D eigenvalue weighted by Gasteiger charge is 2.17. The van der Waals surface area contributed by atoms with Crippen molar-refractivity contribution in [3.8, 4) is 0 Å². The van der Waals surface area contributed by atoms with E-state index in [1.165, 1.54) is 0 Å². The van der Waals surface area contributed by atoms with E-state index in [2.05, 4.69) is 15.9 Å². The fraction of sp³-hybridized carbons (Fsp3) is 0.0769. The minimum Gasteiger partial charge on any atom is -0.207 e. The zero-order valence-corrected chi connectivity index (χ0v) is 12.0. The number of rotatable bonds is 2. The number of halogens is 5. The molecule has 0 saturated carbocycles. The van der Waals surface area contributed by atoms with Gasteiger partial charge in [0.2, 0.25) is 0 Å². The molecule has 0 bridgehead atoms. The summed E-state index contributed by atoms with van der Waals surface area (Å²) in [5, 5.41) is -1.01. The maximum Gasteiger partial charge on any atom is 0.142 e. The van der Waals surface area contributed by atoms with Crippen molar-refractivity contribution in [3.63, 3.8) is 0 Å². The minimum absolute atomic E-state index is 0.0703. The summed E-state index contributed by atoms with van der Waals surface area (Å²) in [6.07, 6.45) is 0. The Morgan fingerprint density at radius 3 is 2.22 bits per heavy atom. The van der Waals surface area contributed by atoms with Crippen LogP contribution in [0.2, 0.25) is 5.02 Å². The van der Waals surface area contributed by atoms with Crippen LogP contribution in [0.25, 0.3) is 0 Å². The second kappa shape index (κ2) is 5.55. The van der Waals surface area contributed by atoms with Crippen LogP contribution in [-0.2, 0) is 0 Å². The van der Waals surface area contributed by atoms with E-state index in [4.69, 9.17) is 23.2 Å². The third-order valence-electron chi connectivity index (χ3n) is 2.48. The fourth-order valence-electron chi connectivity index (χ4n) is 1.54. The summed E-state index contributed by atoms with van der Waals surface area (Å²) in [7, 11) is 0. The van der Waals surface area contributed by atoms with Crippen molar-refractivity contribution in [1.82, 2.24) is 0 Å². The molecule has 1 unspecified atom stereocenters. The molecule has 0 amide bonds. The SMILES string of the molecule is Fc1cc(C(Cl)c2ccc(Br)cc2)c(F)cc1Cl. The van der Waals surface area contributed by atoms with Crippen molar-refractivity contribution < 1.29 is 8.78 Å². The van der Waals surface area contributed by atoms with Gasteiger partial charge in [-0.05, 0) is 29.8 Å². The Labute approximate surface area is 122 Å². The molecule has 0 fully saturated rings. The van der Waals surface area contributed by atoms with Crippen molar-refractivity contribution in [2.45, 2.75) is 5.38 Å². The third-order valence-corrected chi connectivity index (χ3v) is 3.78. The molecule has 0 aliphatic carbocycles. The van der Waals surface area contributed by atoms with E-state index in [0.29, 0.717) is 5.56 Å². The smallest absolute Gasteiger partial charge is 0.142 e. The molecule has 94 valence electrons. The van der Waals surface area contributed by atoms with Gasteiger partial charge in [0, 0.05) is 10.0 Å². The Hall–Kier alpha value is -0.640. The van der Waals surface area contributed by atoms with Crippen LogP contribution in [0.1, 0.15) is 16.5 Å². The number of benzene rings is 2. The second-order valence-electron chi connectivity index (χ2n) is 3.70. The predicted octanol–water partition coefficient (Wildman–Crippen LogP) is 5.71. The van der Waals surface area contributed by atoms with Crippen molar-refractivity contribution in [2.24, 2.45) is 0 Å². The third kappa shape index (κ3) is 2.85. The van der Waals surface area contributed by atoms with Crippen LogP contribution < -0.4 is 0 Å². The molecule has 0 aliphatic rings. The van der Waals surface area contributed by atoms with Gasteiger partial charge in [-0.1, -0.05) is 39.7 Å². The average Bonchev–Trinajstić information content (AvgIpc) is 2.34. The molecule has 0 N–H and O–H groups in total. The van der Waals surface area contributed by atoms with Crippen LogP contribution in [0.4, 0.5) is 8.78 Å². The lowest BCUT2D eigenvalue weighted by atomic mass is 10.0. The predicted molar refractivity (Wildman–Crippen MR) is 73.2 cm³/mol. The first-order valence-corrected chi connectivity index (χ1v) is 6.63. The summed E-state index contributed by atoms with van der Waals surface area (Å²) >= 11 is 14.9. The zero-order chi connectivity index (χ0) is 13.3. The van der Waals surface area contributed by atoms with Gasteiger partial charge in [0.1, 0.15) is 11.6 Å². The van der Waals surface area contributed by atoms with Crippen LogP contribution in [-0.4, -0.2) is 0 Å². The van der Waals surface area contributed by atoms with E-state index < -0.39 is 17.0 Å². The largest absolute Gasteiger partial charge is 0.207 e. The highest BCUT2D eigenvalue weighted by atomic mass is 79.9. The van der Waals surface area contributed by atoms with Crippen LogP contribution >= 0.6 is 39.1 Å². The standard InChI is InChI=1S/C13H7BrCl2F2/c14-8-3-1-7(2-4-8)13(16)9-5-12(18)10(15)6-11(9)17/h1-6,13H. The van der Waals surface area contributed by atoms with E-state index in [-0.39, 0.29) is 10.6 Å². The van der Waals surface area contributed by atoms with Gasteiger partial charge < -0.3 is 0 Å². The Morgan fingerprint density at radius 1 is 1.00 bits per heavy atom. The first-order chi connectivity index (χ1) is 8.49. The van der Waals surface area contributed by atoms with Crippen LogP contribution in [0, 0.1) is 11.6 Å². The summed E-state index contributed by atoms with van der Waals surface area (Å²) in [6.45, 7) is 0. The molecular weight excluding hydrogens is 345 g/mol. The van der Waals surface area contributed by atoms with E-state index >= 15 is 0 Å². The lowest BCUT2D eigenvalue weighted by Gasteiger charge is -2.12. The van der Waals surface area contributed by atoms with E-state index in [9.17, 15) is 8.78 Å². The highest BCUT2D eigenvalue weighted by Crippen LogP contribution is 2.33. The number of hydrogen-bond acceptors (Lipinski definition) is 0. The van der Waals surface area contributed by atoms with Gasteiger partial charge in [-0.15, -0.1) is 11.6 Å². The minimum atomic E-state index is -0.759. The molecule has 18 heavy (non-hydrogen) atoms. The van der Waals surface area contributed by atoms with E-state index in [1.54, 1.807) is 24.3 Å². The Balaban J connectivity index is 2.42. The highest BCUT2D eigenvalue weighted by molar-refractivity contribution is 9.10. The Kier molecular flexibility index (Phi) is 4.25. The first-order valence-electron chi connectivity index (χ1n) is 5.03. The molecule has 0 spiro atoms. The van der Waals surface area contributed by atoms with E-state index in [0.717, 1.165) is 16.6 Å². The molecule has 0 heterocycles. The molecular formula is C13H7BrCl2F2. The van der Waals surface area contributed by atoms with Crippen LogP contribution in [0.5, 0.6) is 0 Å². The lowest BCUT2D eigenvalue weighted by molar-refractivity contribution is 0.587. The second-order valence-corrected chi connectivity index (χ2v) is 5.46. The molecule has 0 saturated heterocycles. The lowest BCUT2D eigenvalue weighted by Crippen LogP contribution is -1.98. The zero-order valence-electron chi connectivity index (χ0n) is 8.93. The van der Waals surface area contributed by atoms with Gasteiger partial charge in [0.05, 0.1) is 10.4 Å². The Morgan fingerprint density at radius 2 is 1.61 bits per heavy atom. The van der Waals surface area contributed by atoms with Gasteiger partial charge in [-0.3, -0.25) is 0 Å². The molecule has 0 aliphatic heterocycles. The van der Waals surface area contributed by atoms with Crippen LogP contribution in [0.3, 0.4) is 0 Å². The monoisotopic (exact) mass is 350 g/mol. The normalized spacial score (nSPS) is 12.5. The van der Waals surface area contributed by atoms with Gasteiger partial charge >= 0.3 is 0 Å². The molecule has 0 nitrogen and oxygen atoms in total. The van der Waals surface area contributed by atoms with Crippen molar-refractivity contribution in [3.05, 3.63) is 68.7 Å². The summed E-state index contributed by atoms with van der Waals surface area (Å²) in [5.74, 6) is -1.31. The number of alkyl halides is 1. The van der Waals surface area contributed by atoms with Gasteiger partial charge in [-0.25, -0.2) is 8.78 Å². The molecule has 5 heteroatoms. The summed E-state index contributed by atoms with van der Waals surface area (Å²) in [5.41, 5.74) is 0.751. The average molecular weight is 352 g/mol. The quantitative estimate of drug-likeness (QED) is 0.480. The van der Waals surface area contributed by atoms with Crippen molar-refractivity contribution in [2.75, 3.05) is 0 Å². The first kappa shape index (κ1) is 13.8. The molecule has 1 atom stereocenters. The summed E-state index contributed by atoms with van der Waals surface area (Å²) in [6, 6.07) is 9.02. The molecule has 2 rings (SSSR count). The van der Waals surface area contributed by atoms with E-state index in [1.807, 2.05) is 0 Å². The molecule has 0 aromatic heterocycles. The maximum atomic E-state index is 13.7. The summed E-state index contributed by atoms with van der Waals surface area (Å²) in [4.78, 5) is 0. The topological polar surface area (TPSA) is 0 Å². The maximum absolute atomic E-state index is 13.7. The fourth-order valence-corrected chi connectivity index (χ4v) is 2.27. The van der Waals surface area contributed by atoms with Crippen LogP contribution in [0.15, 0.2) is 40.9 Å². The molecule has 0 radical (unpaired) electrons. The van der Waals surface area contributed by atoms with Gasteiger partial charge in [0.25, 0.3) is 0 Å². The Bertz CT molecular complexity index is 570.